The van der Waals surface area contributed by atoms with E-state index in [2.05, 4.69) is 10.3 Å². The number of aliphatic carboxylic acids is 1. The Kier molecular flexibility index (Phi) is 4.85. The lowest BCUT2D eigenvalue weighted by atomic mass is 9.85. The smallest absolute Gasteiger partial charge is 0.317 e. The van der Waals surface area contributed by atoms with Gasteiger partial charge in [-0.15, -0.1) is 0 Å². The number of aromatic nitrogens is 1. The van der Waals surface area contributed by atoms with Crippen LogP contribution in [0.15, 0.2) is 35.1 Å². The minimum atomic E-state index is -0.850. The number of para-hydroxylation sites is 1. The van der Waals surface area contributed by atoms with Gasteiger partial charge < -0.3 is 15.4 Å². The quantitative estimate of drug-likeness (QED) is 0.731. The minimum absolute atomic E-state index is 0.00613. The minimum Gasteiger partial charge on any atom is -0.480 e. The number of aromatic amines is 1. The summed E-state index contributed by atoms with van der Waals surface area (Å²) in [6.45, 7) is 2.58. The average Bonchev–Trinajstić information content (AvgIpc) is 2.54. The highest BCUT2D eigenvalue weighted by Crippen LogP contribution is 2.25. The second-order valence-corrected chi connectivity index (χ2v) is 6.35. The van der Waals surface area contributed by atoms with Crippen molar-refractivity contribution in [2.24, 2.45) is 0 Å². The van der Waals surface area contributed by atoms with Crippen LogP contribution in [0.5, 0.6) is 0 Å². The van der Waals surface area contributed by atoms with Gasteiger partial charge in [-0.1, -0.05) is 25.1 Å². The molecule has 1 aromatic carbocycles. The Balaban J connectivity index is 1.63. The summed E-state index contributed by atoms with van der Waals surface area (Å²) in [4.78, 5) is 40.0. The molecule has 3 rings (SSSR count). The monoisotopic (exact) mass is 343 g/mol. The molecule has 0 atom stereocenters. The summed E-state index contributed by atoms with van der Waals surface area (Å²) in [6, 6.07) is 9.02. The molecule has 1 fully saturated rings. The highest BCUT2D eigenvalue weighted by Gasteiger charge is 2.35. The summed E-state index contributed by atoms with van der Waals surface area (Å²) in [5.41, 5.74) is 0.383. The summed E-state index contributed by atoms with van der Waals surface area (Å²) in [7, 11) is 0. The van der Waals surface area contributed by atoms with Gasteiger partial charge >= 0.3 is 5.97 Å². The lowest BCUT2D eigenvalue weighted by Gasteiger charge is -2.42. The van der Waals surface area contributed by atoms with Gasteiger partial charge in [-0.2, -0.15) is 0 Å². The van der Waals surface area contributed by atoms with Crippen LogP contribution >= 0.6 is 0 Å². The Morgan fingerprint density at radius 1 is 1.32 bits per heavy atom. The molecule has 1 aliphatic carbocycles. The number of amides is 1. The highest BCUT2D eigenvalue weighted by molar-refractivity contribution is 5.97. The zero-order valence-corrected chi connectivity index (χ0v) is 14.0. The fraction of sp³-hybridized carbons (Fsp3) is 0.389. The second kappa shape index (κ2) is 7.06. The van der Waals surface area contributed by atoms with Crippen LogP contribution in [0.25, 0.3) is 10.9 Å². The average molecular weight is 343 g/mol. The van der Waals surface area contributed by atoms with E-state index in [0.717, 1.165) is 5.39 Å². The van der Waals surface area contributed by atoms with Crippen molar-refractivity contribution in [1.29, 1.82) is 0 Å². The molecular weight excluding hydrogens is 322 g/mol. The van der Waals surface area contributed by atoms with Gasteiger partial charge in [0.05, 0.1) is 6.54 Å². The number of pyridine rings is 1. The Morgan fingerprint density at radius 3 is 2.72 bits per heavy atom. The molecule has 1 aliphatic rings. The molecular formula is C18H21N3O4. The van der Waals surface area contributed by atoms with Gasteiger partial charge in [0.2, 0.25) is 0 Å². The van der Waals surface area contributed by atoms with Gasteiger partial charge in [0, 0.05) is 17.6 Å². The number of likely N-dealkylation sites (N-methyl/N-ethyl adjacent to an activating group) is 1. The first-order valence-corrected chi connectivity index (χ1v) is 8.36. The van der Waals surface area contributed by atoms with Crippen molar-refractivity contribution in [2.75, 3.05) is 13.1 Å². The lowest BCUT2D eigenvalue weighted by molar-refractivity contribution is -0.139. The molecule has 7 nitrogen and oxygen atoms in total. The molecule has 0 spiro atoms. The van der Waals surface area contributed by atoms with Gasteiger partial charge in [-0.25, -0.2) is 0 Å². The number of benzene rings is 1. The van der Waals surface area contributed by atoms with E-state index in [0.29, 0.717) is 24.9 Å². The largest absolute Gasteiger partial charge is 0.480 e. The second-order valence-electron chi connectivity index (χ2n) is 6.35. The molecule has 0 radical (unpaired) electrons. The van der Waals surface area contributed by atoms with Crippen LogP contribution in [-0.4, -0.2) is 52.0 Å². The number of H-pyrrole nitrogens is 1. The molecule has 2 aromatic rings. The van der Waals surface area contributed by atoms with E-state index in [-0.39, 0.29) is 24.2 Å². The van der Waals surface area contributed by atoms with Crippen LogP contribution in [-0.2, 0) is 4.79 Å². The number of carbonyl (C=O) groups is 2. The lowest BCUT2D eigenvalue weighted by Crippen LogP contribution is -2.55. The molecule has 0 aliphatic heterocycles. The molecule has 25 heavy (non-hydrogen) atoms. The summed E-state index contributed by atoms with van der Waals surface area (Å²) in [6.07, 6.45) is 1.39. The fourth-order valence-corrected chi connectivity index (χ4v) is 3.26. The third kappa shape index (κ3) is 3.71. The summed E-state index contributed by atoms with van der Waals surface area (Å²) in [5.74, 6) is -1.24. The van der Waals surface area contributed by atoms with Crippen molar-refractivity contribution in [3.05, 3.63) is 46.2 Å². The molecule has 1 heterocycles. The van der Waals surface area contributed by atoms with E-state index >= 15 is 0 Å². The molecule has 0 unspecified atom stereocenters. The molecule has 3 N–H and O–H groups in total. The van der Waals surface area contributed by atoms with Crippen molar-refractivity contribution in [1.82, 2.24) is 15.2 Å². The van der Waals surface area contributed by atoms with E-state index in [1.807, 2.05) is 30.0 Å². The molecule has 1 amide bonds. The number of hydrogen-bond acceptors (Lipinski definition) is 4. The van der Waals surface area contributed by atoms with Crippen molar-refractivity contribution in [2.45, 2.75) is 31.8 Å². The van der Waals surface area contributed by atoms with Crippen LogP contribution < -0.4 is 10.9 Å². The van der Waals surface area contributed by atoms with Gasteiger partial charge in [0.15, 0.2) is 0 Å². The maximum atomic E-state index is 12.4. The number of nitrogens with one attached hydrogen (secondary N) is 2. The first-order valence-electron chi connectivity index (χ1n) is 8.36. The van der Waals surface area contributed by atoms with E-state index in [1.165, 1.54) is 0 Å². The predicted molar refractivity (Wildman–Crippen MR) is 93.7 cm³/mol. The molecule has 1 saturated carbocycles. The zero-order valence-electron chi connectivity index (χ0n) is 14.0. The van der Waals surface area contributed by atoms with Gasteiger partial charge in [0.1, 0.15) is 5.56 Å². The number of carboxylic acid groups (broad SMARTS) is 1. The maximum absolute atomic E-state index is 12.4. The van der Waals surface area contributed by atoms with Crippen LogP contribution in [0.2, 0.25) is 0 Å². The first-order chi connectivity index (χ1) is 12.0. The SMILES string of the molecule is CCN(CC(=O)O)C1CC(NC(=O)c2cc3ccccc3[nH]c2=O)C1. The summed E-state index contributed by atoms with van der Waals surface area (Å²) in [5, 5.41) is 12.6. The standard InChI is InChI=1S/C18H21N3O4/c1-2-21(10-16(22)23)13-8-12(9-13)19-17(24)14-7-11-5-3-4-6-15(11)20-18(14)25/h3-7,12-13H,2,8-10H2,1H3,(H,19,24)(H,20,25)(H,22,23). The first kappa shape index (κ1) is 17.2. The fourth-order valence-electron chi connectivity index (χ4n) is 3.26. The van der Waals surface area contributed by atoms with E-state index < -0.39 is 17.4 Å². The maximum Gasteiger partial charge on any atom is 0.317 e. The van der Waals surface area contributed by atoms with Crippen molar-refractivity contribution in [3.63, 3.8) is 0 Å². The Morgan fingerprint density at radius 2 is 2.04 bits per heavy atom. The molecule has 0 bridgehead atoms. The van der Waals surface area contributed by atoms with Crippen LogP contribution in [0, 0.1) is 0 Å². The van der Waals surface area contributed by atoms with Crippen molar-refractivity contribution >= 4 is 22.8 Å². The van der Waals surface area contributed by atoms with Crippen molar-refractivity contribution < 1.29 is 14.7 Å². The predicted octanol–water partition coefficient (Wildman–Crippen LogP) is 1.20. The molecule has 1 aromatic heterocycles. The summed E-state index contributed by atoms with van der Waals surface area (Å²) < 4.78 is 0. The highest BCUT2D eigenvalue weighted by atomic mass is 16.4. The summed E-state index contributed by atoms with van der Waals surface area (Å²) >= 11 is 0. The van der Waals surface area contributed by atoms with E-state index in [4.69, 9.17) is 5.11 Å². The number of carbonyl (C=O) groups excluding carboxylic acids is 1. The number of rotatable bonds is 6. The topological polar surface area (TPSA) is 102 Å². The van der Waals surface area contributed by atoms with E-state index in [1.54, 1.807) is 12.1 Å². The number of hydrogen-bond donors (Lipinski definition) is 3. The van der Waals surface area contributed by atoms with E-state index in [9.17, 15) is 14.4 Å². The van der Waals surface area contributed by atoms with Crippen LogP contribution in [0.3, 0.4) is 0 Å². The van der Waals surface area contributed by atoms with Crippen LogP contribution in [0.4, 0.5) is 0 Å². The van der Waals surface area contributed by atoms with Gasteiger partial charge in [0.25, 0.3) is 11.5 Å². The number of nitrogens with zero attached hydrogens (tertiary/aromatic N) is 1. The number of fused-ring (bicyclic) bond motifs is 1. The Labute approximate surface area is 144 Å². The Bertz CT molecular complexity index is 855. The van der Waals surface area contributed by atoms with Gasteiger partial charge in [-0.3, -0.25) is 19.3 Å². The van der Waals surface area contributed by atoms with Crippen LogP contribution in [0.1, 0.15) is 30.1 Å². The normalized spacial score (nSPS) is 19.6. The Hall–Kier alpha value is -2.67. The molecule has 132 valence electrons. The van der Waals surface area contributed by atoms with Crippen molar-refractivity contribution in [3.8, 4) is 0 Å². The zero-order chi connectivity index (χ0) is 18.0. The molecule has 0 saturated heterocycles. The molecule has 7 heteroatoms. The third-order valence-corrected chi connectivity index (χ3v) is 4.71. The number of carboxylic acids is 1. The third-order valence-electron chi connectivity index (χ3n) is 4.71. The van der Waals surface area contributed by atoms with Gasteiger partial charge in [-0.05, 0) is 36.9 Å².